The molecular formula is C22H33IN6O2. The summed E-state index contributed by atoms with van der Waals surface area (Å²) in [5, 5.41) is 11.8. The number of benzene rings is 1. The number of hydrogen-bond acceptors (Lipinski definition) is 5. The van der Waals surface area contributed by atoms with Crippen LogP contribution >= 0.6 is 24.0 Å². The highest BCUT2D eigenvalue weighted by Gasteiger charge is 2.24. The number of halogens is 1. The molecule has 1 aromatic heterocycles. The monoisotopic (exact) mass is 540 g/mol. The third-order valence-electron chi connectivity index (χ3n) is 5.80. The number of para-hydroxylation sites is 1. The van der Waals surface area contributed by atoms with Gasteiger partial charge in [-0.3, -0.25) is 9.56 Å². The predicted octanol–water partition coefficient (Wildman–Crippen LogP) is 3.01. The van der Waals surface area contributed by atoms with Gasteiger partial charge in [0.15, 0.2) is 11.8 Å². The van der Waals surface area contributed by atoms with Crippen LogP contribution in [0, 0.1) is 0 Å². The largest absolute Gasteiger partial charge is 0.376 e. The van der Waals surface area contributed by atoms with Crippen molar-refractivity contribution in [2.24, 2.45) is 4.99 Å². The molecule has 0 bridgehead atoms. The van der Waals surface area contributed by atoms with Crippen LogP contribution in [0.2, 0.25) is 0 Å². The van der Waals surface area contributed by atoms with E-state index in [4.69, 9.17) is 9.47 Å². The van der Waals surface area contributed by atoms with Crippen molar-refractivity contribution < 1.29 is 9.47 Å². The Morgan fingerprint density at radius 2 is 2.00 bits per heavy atom. The molecule has 1 aromatic carbocycles. The van der Waals surface area contributed by atoms with Gasteiger partial charge in [-0.1, -0.05) is 18.2 Å². The fourth-order valence-corrected chi connectivity index (χ4v) is 4.09. The lowest BCUT2D eigenvalue weighted by atomic mass is 10.1. The van der Waals surface area contributed by atoms with Crippen LogP contribution in [0.5, 0.6) is 0 Å². The highest BCUT2D eigenvalue weighted by Crippen LogP contribution is 2.18. The standard InChI is InChI=1S/C22H32N6O2.HI/c1-23-22(24-15-21-26-25-17-28(21)18-7-3-2-4-8-18)27-12-10-19(11-13-27)30-16-20-9-5-6-14-29-20;/h2-4,7-8,17,19-20H,5-6,9-16H2,1H3,(H,23,24);1H. The van der Waals surface area contributed by atoms with Gasteiger partial charge in [-0.25, -0.2) is 0 Å². The van der Waals surface area contributed by atoms with E-state index in [0.717, 1.165) is 63.0 Å². The summed E-state index contributed by atoms with van der Waals surface area (Å²) < 4.78 is 13.9. The van der Waals surface area contributed by atoms with Gasteiger partial charge in [-0.15, -0.1) is 34.2 Å². The Kier molecular flexibility index (Phi) is 9.54. The Bertz CT molecular complexity index is 801. The third-order valence-corrected chi connectivity index (χ3v) is 5.80. The van der Waals surface area contributed by atoms with Crippen LogP contribution in [0.1, 0.15) is 37.9 Å². The van der Waals surface area contributed by atoms with Crippen LogP contribution in [0.3, 0.4) is 0 Å². The Labute approximate surface area is 201 Å². The van der Waals surface area contributed by atoms with Crippen molar-refractivity contribution in [3.63, 3.8) is 0 Å². The van der Waals surface area contributed by atoms with E-state index in [0.29, 0.717) is 12.6 Å². The van der Waals surface area contributed by atoms with Crippen molar-refractivity contribution in [1.29, 1.82) is 0 Å². The average molecular weight is 540 g/mol. The highest BCUT2D eigenvalue weighted by molar-refractivity contribution is 14.0. The minimum absolute atomic E-state index is 0. The van der Waals surface area contributed by atoms with Gasteiger partial charge in [0.05, 0.1) is 25.4 Å². The fourth-order valence-electron chi connectivity index (χ4n) is 4.09. The van der Waals surface area contributed by atoms with E-state index in [1.807, 2.05) is 41.9 Å². The van der Waals surface area contributed by atoms with E-state index < -0.39 is 0 Å². The second-order valence-corrected chi connectivity index (χ2v) is 7.86. The Hall–Kier alpha value is -1.72. The molecule has 170 valence electrons. The zero-order valence-corrected chi connectivity index (χ0v) is 20.5. The lowest BCUT2D eigenvalue weighted by molar-refractivity contribution is -0.0721. The number of piperidine rings is 1. The Morgan fingerprint density at radius 3 is 2.71 bits per heavy atom. The number of aliphatic imine (C=N–C) groups is 1. The van der Waals surface area contributed by atoms with E-state index in [1.54, 1.807) is 6.33 Å². The van der Waals surface area contributed by atoms with E-state index in [-0.39, 0.29) is 30.1 Å². The minimum atomic E-state index is 0. The van der Waals surface area contributed by atoms with E-state index >= 15 is 0 Å². The van der Waals surface area contributed by atoms with Gasteiger partial charge < -0.3 is 19.7 Å². The zero-order chi connectivity index (χ0) is 20.6. The molecule has 2 aliphatic heterocycles. The molecular weight excluding hydrogens is 507 g/mol. The van der Waals surface area contributed by atoms with E-state index in [2.05, 4.69) is 25.4 Å². The second-order valence-electron chi connectivity index (χ2n) is 7.86. The first-order valence-electron chi connectivity index (χ1n) is 11.0. The summed E-state index contributed by atoms with van der Waals surface area (Å²) in [6, 6.07) is 10.1. The van der Waals surface area contributed by atoms with Crippen LogP contribution in [0.15, 0.2) is 41.7 Å². The molecule has 9 heteroatoms. The van der Waals surface area contributed by atoms with Gasteiger partial charge in [-0.05, 0) is 44.2 Å². The molecule has 1 unspecified atom stereocenters. The molecule has 2 aromatic rings. The highest BCUT2D eigenvalue weighted by atomic mass is 127. The molecule has 3 heterocycles. The summed E-state index contributed by atoms with van der Waals surface area (Å²) in [5.74, 6) is 1.75. The maximum absolute atomic E-state index is 6.13. The summed E-state index contributed by atoms with van der Waals surface area (Å²) in [6.07, 6.45) is 7.92. The first kappa shape index (κ1) is 23.9. The van der Waals surface area contributed by atoms with Crippen molar-refractivity contribution in [3.05, 3.63) is 42.5 Å². The molecule has 0 spiro atoms. The van der Waals surface area contributed by atoms with Crippen molar-refractivity contribution in [2.45, 2.75) is 50.9 Å². The normalized spacial score (nSPS) is 20.4. The predicted molar refractivity (Wildman–Crippen MR) is 131 cm³/mol. The number of likely N-dealkylation sites (tertiary alicyclic amines) is 1. The van der Waals surface area contributed by atoms with E-state index in [1.165, 1.54) is 12.8 Å². The van der Waals surface area contributed by atoms with Crippen LogP contribution in [-0.2, 0) is 16.0 Å². The van der Waals surface area contributed by atoms with Crippen LogP contribution in [0.25, 0.3) is 5.69 Å². The molecule has 31 heavy (non-hydrogen) atoms. The molecule has 0 saturated carbocycles. The van der Waals surface area contributed by atoms with Gasteiger partial charge in [0.1, 0.15) is 6.33 Å². The number of nitrogens with zero attached hydrogens (tertiary/aromatic N) is 5. The molecule has 1 N–H and O–H groups in total. The van der Waals surface area contributed by atoms with Gasteiger partial charge in [0, 0.05) is 32.4 Å². The quantitative estimate of drug-likeness (QED) is 0.345. The van der Waals surface area contributed by atoms with Crippen LogP contribution in [0.4, 0.5) is 0 Å². The van der Waals surface area contributed by atoms with Gasteiger partial charge >= 0.3 is 0 Å². The lowest BCUT2D eigenvalue weighted by Gasteiger charge is -2.35. The third kappa shape index (κ3) is 6.63. The first-order chi connectivity index (χ1) is 14.8. The lowest BCUT2D eigenvalue weighted by Crippen LogP contribution is -2.47. The summed E-state index contributed by atoms with van der Waals surface area (Å²) in [5.41, 5.74) is 1.05. The molecule has 2 saturated heterocycles. The topological polar surface area (TPSA) is 76.8 Å². The summed E-state index contributed by atoms with van der Waals surface area (Å²) in [7, 11) is 1.83. The maximum Gasteiger partial charge on any atom is 0.194 e. The van der Waals surface area contributed by atoms with Gasteiger partial charge in [0.25, 0.3) is 0 Å². The summed E-state index contributed by atoms with van der Waals surface area (Å²) >= 11 is 0. The number of guanidine groups is 1. The van der Waals surface area contributed by atoms with Crippen LogP contribution in [-0.4, -0.2) is 71.2 Å². The average Bonchev–Trinajstić information content (AvgIpc) is 3.29. The van der Waals surface area contributed by atoms with Crippen LogP contribution < -0.4 is 5.32 Å². The van der Waals surface area contributed by atoms with Gasteiger partial charge in [-0.2, -0.15) is 0 Å². The van der Waals surface area contributed by atoms with Crippen molar-refractivity contribution in [3.8, 4) is 5.69 Å². The molecule has 8 nitrogen and oxygen atoms in total. The van der Waals surface area contributed by atoms with Crippen molar-refractivity contribution >= 4 is 29.9 Å². The minimum Gasteiger partial charge on any atom is -0.376 e. The molecule has 4 rings (SSSR count). The Balaban J connectivity index is 0.00000272. The SMILES string of the molecule is CN=C(NCc1nncn1-c1ccccc1)N1CCC(OCC2CCCCO2)CC1.I. The summed E-state index contributed by atoms with van der Waals surface area (Å²) in [6.45, 7) is 4.04. The zero-order valence-electron chi connectivity index (χ0n) is 18.2. The Morgan fingerprint density at radius 1 is 1.19 bits per heavy atom. The van der Waals surface area contributed by atoms with Crippen molar-refractivity contribution in [2.75, 3.05) is 33.4 Å². The number of hydrogen-bond donors (Lipinski definition) is 1. The number of aromatic nitrogens is 3. The maximum atomic E-state index is 6.13. The molecule has 0 aliphatic carbocycles. The van der Waals surface area contributed by atoms with Gasteiger partial charge in [0.2, 0.25) is 0 Å². The summed E-state index contributed by atoms with van der Waals surface area (Å²) in [4.78, 5) is 6.76. The molecule has 0 amide bonds. The number of nitrogens with one attached hydrogen (secondary N) is 1. The molecule has 2 aliphatic rings. The van der Waals surface area contributed by atoms with E-state index in [9.17, 15) is 0 Å². The fraction of sp³-hybridized carbons (Fsp3) is 0.591. The second kappa shape index (κ2) is 12.4. The molecule has 2 fully saturated rings. The first-order valence-corrected chi connectivity index (χ1v) is 11.0. The number of ether oxygens (including phenoxy) is 2. The molecule has 0 radical (unpaired) electrons. The van der Waals surface area contributed by atoms with Crippen molar-refractivity contribution in [1.82, 2.24) is 25.0 Å². The number of rotatable bonds is 6. The molecule has 1 atom stereocenters. The smallest absolute Gasteiger partial charge is 0.194 e.